The number of rotatable bonds is 4. The summed E-state index contributed by atoms with van der Waals surface area (Å²) in [6.45, 7) is 3.89. The largest absolute Gasteiger partial charge is 0.456 e. The normalized spacial score (nSPS) is 15.7. The van der Waals surface area contributed by atoms with Crippen molar-refractivity contribution in [2.24, 2.45) is 0 Å². The average molecular weight is 598 g/mol. The lowest BCUT2D eigenvalue weighted by atomic mass is 10.2. The Kier molecular flexibility index (Phi) is 6.60. The monoisotopic (exact) mass is 598 g/mol. The minimum absolute atomic E-state index is 0.195. The average Bonchev–Trinajstić information content (AvgIpc) is 2.86. The van der Waals surface area contributed by atoms with Gasteiger partial charge in [-0.3, -0.25) is 0 Å². The van der Waals surface area contributed by atoms with Crippen LogP contribution >= 0.6 is 67.8 Å². The van der Waals surface area contributed by atoms with E-state index in [9.17, 15) is 4.79 Å². The fraction of sp³-hybridized carbons (Fsp3) is 0.462. The fourth-order valence-electron chi connectivity index (χ4n) is 2.20. The standard InChI is InChI=1S/C13H14I3NO2/c14-9-7-10(12(16)11(15)8-9)13(18)19-6-5-17-3-1-2-4-17/h7-8H,1-6H2/p+1. The van der Waals surface area contributed by atoms with Gasteiger partial charge < -0.3 is 9.64 Å². The predicted molar refractivity (Wildman–Crippen MR) is 99.7 cm³/mol. The Morgan fingerprint density at radius 2 is 1.89 bits per heavy atom. The van der Waals surface area contributed by atoms with E-state index >= 15 is 0 Å². The van der Waals surface area contributed by atoms with Gasteiger partial charge in [0.25, 0.3) is 0 Å². The third kappa shape index (κ3) is 4.67. The highest BCUT2D eigenvalue weighted by Gasteiger charge is 2.18. The van der Waals surface area contributed by atoms with Gasteiger partial charge in [-0.25, -0.2) is 4.79 Å². The van der Waals surface area contributed by atoms with Crippen LogP contribution in [0.15, 0.2) is 12.1 Å². The number of quaternary nitrogens is 1. The first kappa shape index (κ1) is 16.2. The van der Waals surface area contributed by atoms with E-state index in [1.165, 1.54) is 25.9 Å². The minimum Gasteiger partial charge on any atom is -0.456 e. The zero-order valence-corrected chi connectivity index (χ0v) is 16.8. The van der Waals surface area contributed by atoms with Crippen LogP contribution in [0, 0.1) is 10.7 Å². The number of halogens is 3. The molecule has 0 bridgehead atoms. The highest BCUT2D eigenvalue weighted by atomic mass is 127. The fourth-order valence-corrected chi connectivity index (χ4v) is 4.57. The molecule has 0 unspecified atom stereocenters. The van der Waals surface area contributed by atoms with Gasteiger partial charge in [-0.1, -0.05) is 0 Å². The van der Waals surface area contributed by atoms with E-state index in [1.807, 2.05) is 6.07 Å². The molecule has 1 aromatic rings. The van der Waals surface area contributed by atoms with E-state index < -0.39 is 0 Å². The molecular formula is C13H15I3NO2+. The highest BCUT2D eigenvalue weighted by Crippen LogP contribution is 2.23. The molecule has 19 heavy (non-hydrogen) atoms. The molecular weight excluding hydrogens is 583 g/mol. The number of ether oxygens (including phenoxy) is 1. The van der Waals surface area contributed by atoms with Gasteiger partial charge in [-0.05, 0) is 79.9 Å². The van der Waals surface area contributed by atoms with Crippen molar-refractivity contribution in [3.63, 3.8) is 0 Å². The molecule has 1 aliphatic heterocycles. The Balaban J connectivity index is 1.92. The van der Waals surface area contributed by atoms with Crippen LogP contribution in [0.3, 0.4) is 0 Å². The number of nitrogens with one attached hydrogen (secondary N) is 1. The lowest BCUT2D eigenvalue weighted by molar-refractivity contribution is -0.887. The van der Waals surface area contributed by atoms with Gasteiger partial charge >= 0.3 is 5.97 Å². The minimum atomic E-state index is -0.195. The first-order chi connectivity index (χ1) is 9.08. The van der Waals surface area contributed by atoms with Gasteiger partial charge in [0.1, 0.15) is 13.2 Å². The lowest BCUT2D eigenvalue weighted by Gasteiger charge is -2.12. The Morgan fingerprint density at radius 1 is 1.21 bits per heavy atom. The van der Waals surface area contributed by atoms with Crippen LogP contribution in [0.4, 0.5) is 0 Å². The van der Waals surface area contributed by atoms with Gasteiger partial charge in [0.2, 0.25) is 0 Å². The zero-order valence-electron chi connectivity index (χ0n) is 10.3. The molecule has 2 rings (SSSR count). The summed E-state index contributed by atoms with van der Waals surface area (Å²) in [5, 5.41) is 0. The Morgan fingerprint density at radius 3 is 2.58 bits per heavy atom. The summed E-state index contributed by atoms with van der Waals surface area (Å²) in [6.07, 6.45) is 2.60. The molecule has 1 N–H and O–H groups in total. The number of hydrogen-bond acceptors (Lipinski definition) is 2. The van der Waals surface area contributed by atoms with E-state index in [4.69, 9.17) is 4.74 Å². The molecule has 0 spiro atoms. The smallest absolute Gasteiger partial charge is 0.339 e. The summed E-state index contributed by atoms with van der Waals surface area (Å²) < 4.78 is 8.56. The summed E-state index contributed by atoms with van der Waals surface area (Å²) >= 11 is 6.69. The second kappa shape index (κ2) is 7.74. The summed E-state index contributed by atoms with van der Waals surface area (Å²) in [5.74, 6) is -0.195. The molecule has 1 aliphatic rings. The van der Waals surface area contributed by atoms with E-state index in [0.717, 1.165) is 17.3 Å². The van der Waals surface area contributed by atoms with Crippen LogP contribution < -0.4 is 4.90 Å². The van der Waals surface area contributed by atoms with E-state index in [2.05, 4.69) is 73.8 Å². The van der Waals surface area contributed by atoms with Crippen molar-refractivity contribution in [2.75, 3.05) is 26.2 Å². The van der Waals surface area contributed by atoms with Crippen LogP contribution in [-0.2, 0) is 4.74 Å². The number of carbonyl (C=O) groups is 1. The van der Waals surface area contributed by atoms with Gasteiger partial charge in [0.15, 0.2) is 0 Å². The molecule has 1 saturated heterocycles. The molecule has 1 heterocycles. The van der Waals surface area contributed by atoms with Crippen LogP contribution in [0.25, 0.3) is 0 Å². The van der Waals surface area contributed by atoms with Crippen molar-refractivity contribution in [1.82, 2.24) is 0 Å². The maximum atomic E-state index is 12.1. The second-order valence-corrected chi connectivity index (χ2v) is 8.08. The molecule has 0 amide bonds. The first-order valence-electron chi connectivity index (χ1n) is 6.23. The Labute approximate surface area is 154 Å². The molecule has 0 saturated carbocycles. The quantitative estimate of drug-likeness (QED) is 0.328. The van der Waals surface area contributed by atoms with Crippen molar-refractivity contribution in [2.45, 2.75) is 12.8 Å². The number of likely N-dealkylation sites (tertiary alicyclic amines) is 1. The Bertz CT molecular complexity index is 473. The maximum absolute atomic E-state index is 12.1. The van der Waals surface area contributed by atoms with Gasteiger partial charge in [-0.2, -0.15) is 0 Å². The Hall–Kier alpha value is 0.840. The molecule has 3 nitrogen and oxygen atoms in total. The molecule has 0 atom stereocenters. The molecule has 0 radical (unpaired) electrons. The lowest BCUT2D eigenvalue weighted by Crippen LogP contribution is -3.10. The topological polar surface area (TPSA) is 30.7 Å². The van der Waals surface area contributed by atoms with Crippen molar-refractivity contribution < 1.29 is 14.4 Å². The summed E-state index contributed by atoms with van der Waals surface area (Å²) in [6, 6.07) is 3.96. The predicted octanol–water partition coefficient (Wildman–Crippen LogP) is 2.34. The van der Waals surface area contributed by atoms with Gasteiger partial charge in [0.05, 0.1) is 18.7 Å². The number of esters is 1. The molecule has 6 heteroatoms. The van der Waals surface area contributed by atoms with E-state index in [1.54, 1.807) is 4.90 Å². The van der Waals surface area contributed by atoms with Crippen molar-refractivity contribution in [3.05, 3.63) is 28.4 Å². The van der Waals surface area contributed by atoms with Crippen LogP contribution in [-0.4, -0.2) is 32.2 Å². The highest BCUT2D eigenvalue weighted by molar-refractivity contribution is 14.1. The molecule has 1 fully saturated rings. The number of hydrogen-bond donors (Lipinski definition) is 1. The van der Waals surface area contributed by atoms with Crippen LogP contribution in [0.1, 0.15) is 23.2 Å². The van der Waals surface area contributed by atoms with E-state index in [-0.39, 0.29) is 5.97 Å². The number of carbonyl (C=O) groups excluding carboxylic acids is 1. The molecule has 0 aliphatic carbocycles. The van der Waals surface area contributed by atoms with Crippen LogP contribution in [0.2, 0.25) is 0 Å². The van der Waals surface area contributed by atoms with Gasteiger partial charge in [0, 0.05) is 23.6 Å². The van der Waals surface area contributed by atoms with E-state index in [0.29, 0.717) is 12.2 Å². The number of benzene rings is 1. The van der Waals surface area contributed by atoms with Crippen molar-refractivity contribution in [1.29, 1.82) is 0 Å². The zero-order chi connectivity index (χ0) is 13.8. The summed E-state index contributed by atoms with van der Waals surface area (Å²) in [5.41, 5.74) is 0.688. The molecule has 104 valence electrons. The van der Waals surface area contributed by atoms with Crippen molar-refractivity contribution in [3.8, 4) is 0 Å². The first-order valence-corrected chi connectivity index (χ1v) is 9.47. The van der Waals surface area contributed by atoms with Gasteiger partial charge in [-0.15, -0.1) is 0 Å². The SMILES string of the molecule is O=C(OCC[NH+]1CCCC1)c1cc(I)cc(I)c1I. The molecule has 1 aromatic carbocycles. The third-order valence-electron chi connectivity index (χ3n) is 3.21. The summed E-state index contributed by atoms with van der Waals surface area (Å²) in [7, 11) is 0. The summed E-state index contributed by atoms with van der Waals surface area (Å²) in [4.78, 5) is 13.7. The van der Waals surface area contributed by atoms with Crippen molar-refractivity contribution >= 4 is 73.7 Å². The van der Waals surface area contributed by atoms with Crippen LogP contribution in [0.5, 0.6) is 0 Å². The molecule has 0 aromatic heterocycles. The third-order valence-corrected chi connectivity index (χ3v) is 6.88. The second-order valence-electron chi connectivity index (χ2n) is 4.59. The maximum Gasteiger partial charge on any atom is 0.339 e.